The third-order valence-electron chi connectivity index (χ3n) is 5.19. The Morgan fingerprint density at radius 1 is 1.14 bits per heavy atom. The SMILES string of the molecule is CCC.CCS(=O)(=O)c1ccc(C(CO)NC(=O)c2cnc3c(c2)CN(C(=O)OC(C)(C)C)C3)cc1. The van der Waals surface area contributed by atoms with Crippen molar-refractivity contribution in [3.63, 3.8) is 0 Å². The number of rotatable bonds is 6. The maximum Gasteiger partial charge on any atom is 0.410 e. The van der Waals surface area contributed by atoms with Crippen LogP contribution in [0.4, 0.5) is 4.79 Å². The Morgan fingerprint density at radius 3 is 2.28 bits per heavy atom. The van der Waals surface area contributed by atoms with Gasteiger partial charge in [-0.15, -0.1) is 0 Å². The molecular weight excluding hydrogens is 482 g/mol. The van der Waals surface area contributed by atoms with Gasteiger partial charge in [0.25, 0.3) is 5.91 Å². The van der Waals surface area contributed by atoms with E-state index >= 15 is 0 Å². The molecule has 1 unspecified atom stereocenters. The van der Waals surface area contributed by atoms with Gasteiger partial charge in [-0.05, 0) is 50.1 Å². The number of aliphatic hydroxyl groups is 1. The fourth-order valence-electron chi connectivity index (χ4n) is 3.39. The van der Waals surface area contributed by atoms with Crippen LogP contribution in [0.2, 0.25) is 0 Å². The first-order valence-electron chi connectivity index (χ1n) is 12.0. The summed E-state index contributed by atoms with van der Waals surface area (Å²) < 4.78 is 29.4. The van der Waals surface area contributed by atoms with Crippen LogP contribution in [0, 0.1) is 0 Å². The van der Waals surface area contributed by atoms with E-state index in [1.807, 2.05) is 0 Å². The highest BCUT2D eigenvalue weighted by atomic mass is 32.2. The van der Waals surface area contributed by atoms with E-state index < -0.39 is 33.5 Å². The van der Waals surface area contributed by atoms with Crippen LogP contribution in [0.25, 0.3) is 0 Å². The van der Waals surface area contributed by atoms with E-state index in [9.17, 15) is 23.1 Å². The van der Waals surface area contributed by atoms with Crippen molar-refractivity contribution in [3.05, 3.63) is 58.9 Å². The van der Waals surface area contributed by atoms with Crippen molar-refractivity contribution >= 4 is 21.8 Å². The summed E-state index contributed by atoms with van der Waals surface area (Å²) in [6, 6.07) is 7.03. The Hall–Kier alpha value is -2.98. The molecule has 1 atom stereocenters. The third kappa shape index (κ3) is 7.76. The van der Waals surface area contributed by atoms with Gasteiger partial charge in [-0.3, -0.25) is 14.7 Å². The number of nitrogens with one attached hydrogen (secondary N) is 1. The van der Waals surface area contributed by atoms with Crippen LogP contribution in [0.5, 0.6) is 0 Å². The fraction of sp³-hybridized carbons (Fsp3) is 0.500. The minimum absolute atomic E-state index is 0.0107. The van der Waals surface area contributed by atoms with E-state index in [1.54, 1.807) is 45.9 Å². The first-order valence-corrected chi connectivity index (χ1v) is 13.7. The highest BCUT2D eigenvalue weighted by Gasteiger charge is 2.29. The second-order valence-electron chi connectivity index (χ2n) is 9.55. The number of pyridine rings is 1. The number of hydrogen-bond acceptors (Lipinski definition) is 7. The second kappa shape index (κ2) is 12.3. The van der Waals surface area contributed by atoms with E-state index in [2.05, 4.69) is 24.1 Å². The number of aliphatic hydroxyl groups excluding tert-OH is 1. The lowest BCUT2D eigenvalue weighted by molar-refractivity contribution is 0.0240. The average molecular weight is 520 g/mol. The normalized spacial score (nSPS) is 13.8. The topological polar surface area (TPSA) is 126 Å². The first kappa shape index (κ1) is 29.3. The van der Waals surface area contributed by atoms with Crippen molar-refractivity contribution in [2.24, 2.45) is 0 Å². The zero-order valence-corrected chi connectivity index (χ0v) is 22.7. The predicted molar refractivity (Wildman–Crippen MR) is 137 cm³/mol. The van der Waals surface area contributed by atoms with Crippen molar-refractivity contribution in [2.45, 2.75) is 77.6 Å². The number of carbonyl (C=O) groups is 2. The monoisotopic (exact) mass is 519 g/mol. The number of amides is 2. The predicted octanol–water partition coefficient (Wildman–Crippen LogP) is 4.01. The molecule has 2 amide bonds. The van der Waals surface area contributed by atoms with E-state index in [0.29, 0.717) is 23.4 Å². The van der Waals surface area contributed by atoms with Gasteiger partial charge in [0, 0.05) is 6.20 Å². The summed E-state index contributed by atoms with van der Waals surface area (Å²) in [4.78, 5) is 31.2. The molecule has 9 nitrogen and oxygen atoms in total. The molecule has 1 aromatic heterocycles. The Morgan fingerprint density at radius 2 is 1.75 bits per heavy atom. The van der Waals surface area contributed by atoms with Crippen LogP contribution in [-0.2, 0) is 27.7 Å². The van der Waals surface area contributed by atoms with Gasteiger partial charge in [-0.2, -0.15) is 0 Å². The number of carbonyl (C=O) groups excluding carboxylic acids is 2. The standard InChI is InChI=1S/C23H29N3O6S.C3H8/c1-5-33(30,31)18-8-6-15(7-9-18)20(14-27)25-21(28)16-10-17-12-26(13-19(17)24-11-16)22(29)32-23(2,3)4;1-3-2/h6-11,20,27H,5,12-14H2,1-4H3,(H,25,28);3H2,1-2H3. The van der Waals surface area contributed by atoms with Crippen LogP contribution in [0.1, 0.15) is 81.2 Å². The molecule has 2 heterocycles. The summed E-state index contributed by atoms with van der Waals surface area (Å²) in [5, 5.41) is 12.5. The van der Waals surface area contributed by atoms with Crippen molar-refractivity contribution in [1.29, 1.82) is 0 Å². The Bertz CT molecular complexity index is 1160. The zero-order chi connectivity index (χ0) is 27.1. The third-order valence-corrected chi connectivity index (χ3v) is 6.94. The summed E-state index contributed by atoms with van der Waals surface area (Å²) in [7, 11) is -3.34. The van der Waals surface area contributed by atoms with Gasteiger partial charge in [0.1, 0.15) is 5.60 Å². The minimum atomic E-state index is -3.34. The van der Waals surface area contributed by atoms with Gasteiger partial charge in [-0.25, -0.2) is 13.2 Å². The molecule has 0 spiro atoms. The molecule has 198 valence electrons. The number of benzene rings is 1. The number of hydrogen-bond donors (Lipinski definition) is 2. The largest absolute Gasteiger partial charge is 0.444 e. The Labute approximate surface area is 213 Å². The summed E-state index contributed by atoms with van der Waals surface area (Å²) >= 11 is 0. The summed E-state index contributed by atoms with van der Waals surface area (Å²) in [6.45, 7) is 11.4. The molecule has 0 saturated carbocycles. The first-order chi connectivity index (χ1) is 16.8. The number of ether oxygens (including phenoxy) is 1. The lowest BCUT2D eigenvalue weighted by Gasteiger charge is -2.23. The Balaban J connectivity index is 0.00000145. The second-order valence-corrected chi connectivity index (χ2v) is 11.8. The zero-order valence-electron chi connectivity index (χ0n) is 21.9. The smallest absolute Gasteiger partial charge is 0.410 e. The molecule has 2 aromatic rings. The summed E-state index contributed by atoms with van der Waals surface area (Å²) in [5.74, 6) is -0.450. The van der Waals surface area contributed by atoms with Crippen molar-refractivity contribution in [1.82, 2.24) is 15.2 Å². The lowest BCUT2D eigenvalue weighted by Crippen LogP contribution is -2.33. The molecular formula is C26H37N3O6S. The van der Waals surface area contributed by atoms with Crippen molar-refractivity contribution < 1.29 is 27.9 Å². The number of aromatic nitrogens is 1. The molecule has 2 N–H and O–H groups in total. The summed E-state index contributed by atoms with van der Waals surface area (Å²) in [5.41, 5.74) is 1.71. The van der Waals surface area contributed by atoms with Gasteiger partial charge in [0.05, 0.1) is 47.6 Å². The molecule has 10 heteroatoms. The molecule has 0 radical (unpaired) electrons. The van der Waals surface area contributed by atoms with E-state index in [1.165, 1.54) is 29.7 Å². The molecule has 3 rings (SSSR count). The minimum Gasteiger partial charge on any atom is -0.444 e. The highest BCUT2D eigenvalue weighted by Crippen LogP contribution is 2.24. The fourth-order valence-corrected chi connectivity index (χ4v) is 4.27. The maximum absolute atomic E-state index is 12.8. The van der Waals surface area contributed by atoms with E-state index in [4.69, 9.17) is 4.74 Å². The van der Waals surface area contributed by atoms with Gasteiger partial charge in [0.15, 0.2) is 9.84 Å². The number of fused-ring (bicyclic) bond motifs is 1. The highest BCUT2D eigenvalue weighted by molar-refractivity contribution is 7.91. The molecule has 0 bridgehead atoms. The molecule has 1 aliphatic rings. The van der Waals surface area contributed by atoms with Crippen LogP contribution in [-0.4, -0.2) is 53.4 Å². The van der Waals surface area contributed by atoms with Gasteiger partial charge >= 0.3 is 6.09 Å². The van der Waals surface area contributed by atoms with Gasteiger partial charge in [-0.1, -0.05) is 39.3 Å². The maximum atomic E-state index is 12.8. The number of sulfone groups is 1. The molecule has 0 saturated heterocycles. The van der Waals surface area contributed by atoms with E-state index in [-0.39, 0.29) is 23.8 Å². The van der Waals surface area contributed by atoms with Crippen LogP contribution >= 0.6 is 0 Å². The molecule has 36 heavy (non-hydrogen) atoms. The number of nitrogens with zero attached hydrogens (tertiary/aromatic N) is 2. The quantitative estimate of drug-likeness (QED) is 0.591. The Kier molecular flexibility index (Phi) is 10.0. The average Bonchev–Trinajstić information content (AvgIpc) is 3.26. The molecule has 1 aliphatic heterocycles. The van der Waals surface area contributed by atoms with Crippen molar-refractivity contribution in [2.75, 3.05) is 12.4 Å². The van der Waals surface area contributed by atoms with Crippen molar-refractivity contribution in [3.8, 4) is 0 Å². The van der Waals surface area contributed by atoms with Gasteiger partial charge in [0.2, 0.25) is 0 Å². The molecule has 0 aliphatic carbocycles. The van der Waals surface area contributed by atoms with Gasteiger partial charge < -0.3 is 15.2 Å². The summed E-state index contributed by atoms with van der Waals surface area (Å²) in [6.07, 6.45) is 2.23. The molecule has 0 fully saturated rings. The van der Waals surface area contributed by atoms with Crippen LogP contribution < -0.4 is 5.32 Å². The molecule has 1 aromatic carbocycles. The lowest BCUT2D eigenvalue weighted by atomic mass is 10.1. The van der Waals surface area contributed by atoms with Crippen LogP contribution in [0.3, 0.4) is 0 Å². The van der Waals surface area contributed by atoms with Crippen LogP contribution in [0.15, 0.2) is 41.4 Å². The van der Waals surface area contributed by atoms with E-state index in [0.717, 1.165) is 5.56 Å².